The second-order valence-electron chi connectivity index (χ2n) is 8.15. The number of nitrogens with two attached hydrogens (primary N) is 1. The van der Waals surface area contributed by atoms with Crippen LogP contribution in [0.2, 0.25) is 0 Å². The van der Waals surface area contributed by atoms with Crippen LogP contribution in [0.25, 0.3) is 11.7 Å². The minimum Gasteiger partial charge on any atom is -0.496 e. The number of imidazole rings is 1. The summed E-state index contributed by atoms with van der Waals surface area (Å²) in [5, 5.41) is -0.283. The summed E-state index contributed by atoms with van der Waals surface area (Å²) in [5.74, 6) is -0.271. The van der Waals surface area contributed by atoms with E-state index in [1.54, 1.807) is 6.07 Å². The summed E-state index contributed by atoms with van der Waals surface area (Å²) in [5.41, 5.74) is 4.45. The van der Waals surface area contributed by atoms with Crippen LogP contribution in [-0.4, -0.2) is 58.4 Å². The quantitative estimate of drug-likeness (QED) is 0.525. The standard InChI is InChI=1S/C21H24N6O6S/c1-21(2,19(22)28)27-20(29)26(11-9-13-7-5-6-8-14(13)32-4)16-18(34(27,30)31)25(3)15(24-16)17-23-10-12-33-17/h5-8,10,12H,9,11H2,1-4H3,(H2,22,28). The van der Waals surface area contributed by atoms with E-state index in [2.05, 4.69) is 9.97 Å². The molecule has 0 spiro atoms. The highest BCUT2D eigenvalue weighted by molar-refractivity contribution is 7.90. The molecule has 4 rings (SSSR count). The van der Waals surface area contributed by atoms with Crippen molar-refractivity contribution in [3.8, 4) is 17.5 Å². The number of urea groups is 1. The molecule has 0 radical (unpaired) electrons. The summed E-state index contributed by atoms with van der Waals surface area (Å²) < 4.78 is 39.7. The lowest BCUT2D eigenvalue weighted by atomic mass is 10.1. The van der Waals surface area contributed by atoms with Gasteiger partial charge in [0.25, 0.3) is 15.9 Å². The lowest BCUT2D eigenvalue weighted by Crippen LogP contribution is -2.63. The SMILES string of the molecule is COc1ccccc1CCN1C(=O)N(C(C)(C)C(N)=O)S(=O)(=O)c2c1nc(-c1ncco1)n2C. The fourth-order valence-corrected chi connectivity index (χ4v) is 5.82. The zero-order valence-electron chi connectivity index (χ0n) is 19.0. The number of primary amides is 1. The van der Waals surface area contributed by atoms with E-state index < -0.39 is 27.5 Å². The van der Waals surface area contributed by atoms with Crippen molar-refractivity contribution in [2.45, 2.75) is 30.8 Å². The van der Waals surface area contributed by atoms with Crippen molar-refractivity contribution in [3.63, 3.8) is 0 Å². The molecule has 3 aromatic rings. The van der Waals surface area contributed by atoms with Gasteiger partial charge < -0.3 is 19.5 Å². The van der Waals surface area contributed by atoms with Gasteiger partial charge in [0, 0.05) is 13.6 Å². The van der Waals surface area contributed by atoms with Gasteiger partial charge in [-0.25, -0.2) is 19.1 Å². The Morgan fingerprint density at radius 2 is 1.97 bits per heavy atom. The minimum absolute atomic E-state index is 0.0507. The zero-order chi connectivity index (χ0) is 24.8. The van der Waals surface area contributed by atoms with Gasteiger partial charge in [-0.2, -0.15) is 8.42 Å². The van der Waals surface area contributed by atoms with Crippen molar-refractivity contribution in [2.24, 2.45) is 12.8 Å². The van der Waals surface area contributed by atoms with Gasteiger partial charge in [-0.1, -0.05) is 18.2 Å². The molecule has 3 heterocycles. The maximum absolute atomic E-state index is 13.6. The number of fused-ring (bicyclic) bond motifs is 1. The second-order valence-corrected chi connectivity index (χ2v) is 9.85. The van der Waals surface area contributed by atoms with E-state index in [9.17, 15) is 18.0 Å². The Morgan fingerprint density at radius 1 is 1.26 bits per heavy atom. The Hall–Kier alpha value is -3.87. The molecule has 2 aromatic heterocycles. The highest BCUT2D eigenvalue weighted by Crippen LogP contribution is 2.40. The number of nitrogens with zero attached hydrogens (tertiary/aromatic N) is 5. The number of sulfonamides is 1. The number of aromatic nitrogens is 3. The van der Waals surface area contributed by atoms with Crippen LogP contribution in [0.15, 0.2) is 46.2 Å². The average molecular weight is 489 g/mol. The predicted molar refractivity (Wildman–Crippen MR) is 120 cm³/mol. The lowest BCUT2D eigenvalue weighted by Gasteiger charge is -2.41. The smallest absolute Gasteiger partial charge is 0.340 e. The summed E-state index contributed by atoms with van der Waals surface area (Å²) in [6, 6.07) is 6.33. The molecule has 1 aromatic carbocycles. The summed E-state index contributed by atoms with van der Waals surface area (Å²) in [6.07, 6.45) is 3.04. The van der Waals surface area contributed by atoms with Gasteiger partial charge in [0.1, 0.15) is 17.6 Å². The molecule has 0 aliphatic carbocycles. The molecule has 34 heavy (non-hydrogen) atoms. The van der Waals surface area contributed by atoms with Gasteiger partial charge in [0.05, 0.1) is 13.3 Å². The van der Waals surface area contributed by atoms with Crippen LogP contribution < -0.4 is 15.4 Å². The van der Waals surface area contributed by atoms with Gasteiger partial charge >= 0.3 is 6.03 Å². The maximum Gasteiger partial charge on any atom is 0.340 e. The first-order valence-corrected chi connectivity index (χ1v) is 11.7. The molecule has 1 aliphatic rings. The summed E-state index contributed by atoms with van der Waals surface area (Å²) in [6.45, 7) is 2.61. The maximum atomic E-state index is 13.6. The third-order valence-corrected chi connectivity index (χ3v) is 7.74. The van der Waals surface area contributed by atoms with Crippen molar-refractivity contribution in [2.75, 3.05) is 18.6 Å². The Labute approximate surface area is 196 Å². The van der Waals surface area contributed by atoms with Crippen LogP contribution in [0.1, 0.15) is 19.4 Å². The van der Waals surface area contributed by atoms with Crippen LogP contribution in [0, 0.1) is 0 Å². The van der Waals surface area contributed by atoms with Gasteiger partial charge in [0.2, 0.25) is 10.9 Å². The van der Waals surface area contributed by atoms with Crippen LogP contribution >= 0.6 is 0 Å². The Morgan fingerprint density at radius 3 is 2.59 bits per heavy atom. The third kappa shape index (κ3) is 3.48. The number of carbonyl (C=O) groups excluding carboxylic acids is 2. The van der Waals surface area contributed by atoms with Gasteiger partial charge in [-0.05, 0) is 31.9 Å². The first kappa shape index (κ1) is 23.3. The number of methoxy groups -OCH3 is 1. The summed E-state index contributed by atoms with van der Waals surface area (Å²) in [7, 11) is -1.52. The first-order chi connectivity index (χ1) is 16.0. The largest absolute Gasteiger partial charge is 0.496 e. The predicted octanol–water partition coefficient (Wildman–Crippen LogP) is 1.52. The van der Waals surface area contributed by atoms with E-state index >= 15 is 0 Å². The summed E-state index contributed by atoms with van der Waals surface area (Å²) in [4.78, 5) is 35.4. The zero-order valence-corrected chi connectivity index (χ0v) is 19.9. The van der Waals surface area contributed by atoms with Gasteiger partial charge in [-0.15, -0.1) is 0 Å². The van der Waals surface area contributed by atoms with Crippen molar-refractivity contribution < 1.29 is 27.2 Å². The van der Waals surface area contributed by atoms with E-state index in [0.29, 0.717) is 16.5 Å². The molecule has 0 unspecified atom stereocenters. The highest BCUT2D eigenvalue weighted by Gasteiger charge is 2.53. The van der Waals surface area contributed by atoms with E-state index in [4.69, 9.17) is 14.9 Å². The van der Waals surface area contributed by atoms with Crippen LogP contribution in [0.4, 0.5) is 10.6 Å². The first-order valence-electron chi connectivity index (χ1n) is 10.3. The molecule has 0 fully saturated rings. The van der Waals surface area contributed by atoms with Crippen molar-refractivity contribution in [3.05, 3.63) is 42.3 Å². The molecule has 1 aliphatic heterocycles. The number of hydrogen-bond donors (Lipinski definition) is 1. The molecule has 12 nitrogen and oxygen atoms in total. The van der Waals surface area contributed by atoms with Gasteiger partial charge in [0.15, 0.2) is 11.6 Å². The van der Waals surface area contributed by atoms with Crippen molar-refractivity contribution in [1.29, 1.82) is 0 Å². The number of para-hydroxylation sites is 1. The topological polar surface area (TPSA) is 154 Å². The van der Waals surface area contributed by atoms with Gasteiger partial charge in [-0.3, -0.25) is 9.69 Å². The molecule has 13 heteroatoms. The molecule has 3 amide bonds. The average Bonchev–Trinajstić information content (AvgIpc) is 3.41. The molecule has 2 N–H and O–H groups in total. The molecule has 0 bridgehead atoms. The molecule has 0 saturated heterocycles. The summed E-state index contributed by atoms with van der Waals surface area (Å²) >= 11 is 0. The van der Waals surface area contributed by atoms with Crippen LogP contribution in [0.5, 0.6) is 5.75 Å². The number of rotatable bonds is 7. The van der Waals surface area contributed by atoms with E-state index in [1.807, 2.05) is 18.2 Å². The van der Waals surface area contributed by atoms with Crippen molar-refractivity contribution >= 4 is 27.8 Å². The van der Waals surface area contributed by atoms with Crippen LogP contribution in [-0.2, 0) is 28.3 Å². The van der Waals surface area contributed by atoms with Crippen molar-refractivity contribution in [1.82, 2.24) is 18.8 Å². The Kier molecular flexibility index (Phi) is 5.59. The molecular formula is C21H24N6O6S. The monoisotopic (exact) mass is 488 g/mol. The number of oxazole rings is 1. The molecule has 0 saturated carbocycles. The minimum atomic E-state index is -4.52. The number of benzene rings is 1. The number of hydrogen-bond acceptors (Lipinski definition) is 8. The van der Waals surface area contributed by atoms with E-state index in [-0.39, 0.29) is 29.1 Å². The fourth-order valence-electron chi connectivity index (χ4n) is 3.83. The molecule has 0 atom stereocenters. The number of amides is 3. The highest BCUT2D eigenvalue weighted by atomic mass is 32.2. The van der Waals surface area contributed by atoms with E-state index in [1.165, 1.54) is 49.9 Å². The number of anilines is 1. The number of carbonyl (C=O) groups is 2. The van der Waals surface area contributed by atoms with Crippen LogP contribution in [0.3, 0.4) is 0 Å². The molecule has 180 valence electrons. The Balaban J connectivity index is 1.88. The normalized spacial score (nSPS) is 15.4. The lowest BCUT2D eigenvalue weighted by molar-refractivity contribution is -0.124. The second kappa shape index (κ2) is 8.17. The Bertz CT molecular complexity index is 1360. The molecular weight excluding hydrogens is 464 g/mol. The van der Waals surface area contributed by atoms with E-state index in [0.717, 1.165) is 5.56 Å². The fraction of sp³-hybridized carbons (Fsp3) is 0.333. The number of ether oxygens (including phenoxy) is 1. The third-order valence-electron chi connectivity index (χ3n) is 5.70.